The molecular formula is C17H10Cl2FNO2. The normalized spacial score (nSPS) is 16.5. The van der Waals surface area contributed by atoms with E-state index in [4.69, 9.17) is 23.2 Å². The van der Waals surface area contributed by atoms with Gasteiger partial charge in [-0.25, -0.2) is 9.29 Å². The van der Waals surface area contributed by atoms with Crippen molar-refractivity contribution in [1.82, 2.24) is 0 Å². The van der Waals surface area contributed by atoms with Crippen LogP contribution in [0.25, 0.3) is 6.08 Å². The molecule has 1 aliphatic rings. The van der Waals surface area contributed by atoms with Crippen LogP contribution in [0.1, 0.15) is 12.0 Å². The summed E-state index contributed by atoms with van der Waals surface area (Å²) in [6, 6.07) is 10.6. The van der Waals surface area contributed by atoms with Crippen LogP contribution in [-0.2, 0) is 9.59 Å². The Morgan fingerprint density at radius 2 is 1.87 bits per heavy atom. The molecule has 23 heavy (non-hydrogen) atoms. The summed E-state index contributed by atoms with van der Waals surface area (Å²) in [5.41, 5.74) is 1.30. The topological polar surface area (TPSA) is 37.4 Å². The highest BCUT2D eigenvalue weighted by Crippen LogP contribution is 2.29. The van der Waals surface area contributed by atoms with E-state index in [1.807, 2.05) is 0 Å². The predicted molar refractivity (Wildman–Crippen MR) is 87.9 cm³/mol. The molecule has 0 bridgehead atoms. The Morgan fingerprint density at radius 3 is 2.57 bits per heavy atom. The minimum absolute atomic E-state index is 0.0274. The van der Waals surface area contributed by atoms with E-state index in [1.165, 1.54) is 24.3 Å². The molecule has 3 nitrogen and oxygen atoms in total. The summed E-state index contributed by atoms with van der Waals surface area (Å²) in [7, 11) is 0. The second-order valence-corrected chi connectivity index (χ2v) is 5.88. The summed E-state index contributed by atoms with van der Waals surface area (Å²) < 4.78 is 13.2. The highest BCUT2D eigenvalue weighted by atomic mass is 35.5. The molecule has 1 aliphatic heterocycles. The van der Waals surface area contributed by atoms with Gasteiger partial charge in [0.15, 0.2) is 0 Å². The fraction of sp³-hybridized carbons (Fsp3) is 0.0588. The fourth-order valence-corrected chi connectivity index (χ4v) is 2.74. The molecule has 0 atom stereocenters. The molecule has 2 aromatic rings. The van der Waals surface area contributed by atoms with Crippen LogP contribution in [0.4, 0.5) is 10.1 Å². The standard InChI is InChI=1S/C17H10Cl2FNO2/c18-12-2-1-3-13(9-12)21-16(22)8-11(17(21)23)6-10-4-5-15(20)14(19)7-10/h1-7,9H,8H2/b11-6+. The van der Waals surface area contributed by atoms with Gasteiger partial charge in [-0.3, -0.25) is 9.59 Å². The maximum Gasteiger partial charge on any atom is 0.261 e. The zero-order valence-corrected chi connectivity index (χ0v) is 13.2. The third kappa shape index (κ3) is 3.14. The van der Waals surface area contributed by atoms with E-state index in [1.54, 1.807) is 24.3 Å². The third-order valence-electron chi connectivity index (χ3n) is 3.42. The number of benzene rings is 2. The van der Waals surface area contributed by atoms with Crippen molar-refractivity contribution in [3.63, 3.8) is 0 Å². The van der Waals surface area contributed by atoms with Gasteiger partial charge in [-0.15, -0.1) is 0 Å². The van der Waals surface area contributed by atoms with Gasteiger partial charge in [-0.2, -0.15) is 0 Å². The third-order valence-corrected chi connectivity index (χ3v) is 3.94. The number of nitrogens with zero attached hydrogens (tertiary/aromatic N) is 1. The zero-order chi connectivity index (χ0) is 16.6. The van der Waals surface area contributed by atoms with Crippen molar-refractivity contribution >= 4 is 46.8 Å². The highest BCUT2D eigenvalue weighted by molar-refractivity contribution is 6.33. The molecule has 1 heterocycles. The lowest BCUT2D eigenvalue weighted by Crippen LogP contribution is -2.28. The van der Waals surface area contributed by atoms with Gasteiger partial charge in [-0.05, 0) is 42.0 Å². The van der Waals surface area contributed by atoms with E-state index in [-0.39, 0.29) is 17.4 Å². The summed E-state index contributed by atoms with van der Waals surface area (Å²) in [4.78, 5) is 25.7. The molecular weight excluding hydrogens is 340 g/mol. The van der Waals surface area contributed by atoms with E-state index >= 15 is 0 Å². The number of rotatable bonds is 2. The Balaban J connectivity index is 1.94. The van der Waals surface area contributed by atoms with Crippen LogP contribution in [0.5, 0.6) is 0 Å². The minimum atomic E-state index is -0.539. The summed E-state index contributed by atoms with van der Waals surface area (Å²) in [5, 5.41) is 0.397. The van der Waals surface area contributed by atoms with Crippen molar-refractivity contribution in [2.75, 3.05) is 4.90 Å². The molecule has 0 aromatic heterocycles. The maximum atomic E-state index is 13.2. The molecule has 2 amide bonds. The van der Waals surface area contributed by atoms with Crippen LogP contribution in [0.15, 0.2) is 48.0 Å². The van der Waals surface area contributed by atoms with E-state index in [0.717, 1.165) is 4.90 Å². The van der Waals surface area contributed by atoms with Crippen LogP contribution in [0, 0.1) is 5.82 Å². The SMILES string of the molecule is O=C1C/C(=C\c2ccc(F)c(Cl)c2)C(=O)N1c1cccc(Cl)c1. The van der Waals surface area contributed by atoms with Gasteiger partial charge in [0.05, 0.1) is 17.1 Å². The highest BCUT2D eigenvalue weighted by Gasteiger charge is 2.34. The van der Waals surface area contributed by atoms with Crippen molar-refractivity contribution in [3.8, 4) is 0 Å². The Morgan fingerprint density at radius 1 is 1.09 bits per heavy atom. The first-order chi connectivity index (χ1) is 11.0. The van der Waals surface area contributed by atoms with Crippen molar-refractivity contribution < 1.29 is 14.0 Å². The van der Waals surface area contributed by atoms with Crippen LogP contribution in [0.2, 0.25) is 10.0 Å². The van der Waals surface area contributed by atoms with E-state index in [0.29, 0.717) is 21.8 Å². The van der Waals surface area contributed by atoms with Crippen molar-refractivity contribution in [2.24, 2.45) is 0 Å². The maximum absolute atomic E-state index is 13.2. The molecule has 0 saturated carbocycles. The van der Waals surface area contributed by atoms with Crippen LogP contribution < -0.4 is 4.90 Å². The summed E-state index contributed by atoms with van der Waals surface area (Å²) in [5.74, 6) is -1.29. The molecule has 1 fully saturated rings. The number of amides is 2. The first-order valence-electron chi connectivity index (χ1n) is 6.74. The second-order valence-electron chi connectivity index (χ2n) is 5.03. The molecule has 0 aliphatic carbocycles. The number of hydrogen-bond donors (Lipinski definition) is 0. The van der Waals surface area contributed by atoms with E-state index in [2.05, 4.69) is 0 Å². The predicted octanol–water partition coefficient (Wildman–Crippen LogP) is 4.48. The largest absolute Gasteiger partial charge is 0.274 e. The molecule has 0 N–H and O–H groups in total. The van der Waals surface area contributed by atoms with Crippen LogP contribution in [-0.4, -0.2) is 11.8 Å². The quantitative estimate of drug-likeness (QED) is 0.592. The first kappa shape index (κ1) is 15.7. The summed E-state index contributed by atoms with van der Waals surface area (Å²) in [6.07, 6.45) is 1.51. The molecule has 0 radical (unpaired) electrons. The van der Waals surface area contributed by atoms with E-state index < -0.39 is 11.7 Å². The van der Waals surface area contributed by atoms with Crippen LogP contribution >= 0.6 is 23.2 Å². The van der Waals surface area contributed by atoms with Gasteiger partial charge in [-0.1, -0.05) is 35.3 Å². The van der Waals surface area contributed by atoms with Crippen LogP contribution in [0.3, 0.4) is 0 Å². The Bertz CT molecular complexity index is 848. The summed E-state index contributed by atoms with van der Waals surface area (Å²) in [6.45, 7) is 0. The average Bonchev–Trinajstić information content (AvgIpc) is 2.77. The molecule has 0 unspecified atom stereocenters. The number of carbonyl (C=O) groups is 2. The van der Waals surface area contributed by atoms with Gasteiger partial charge in [0.25, 0.3) is 5.91 Å². The average molecular weight is 350 g/mol. The van der Waals surface area contributed by atoms with Gasteiger partial charge in [0.2, 0.25) is 5.91 Å². The molecule has 1 saturated heterocycles. The lowest BCUT2D eigenvalue weighted by molar-refractivity contribution is -0.120. The van der Waals surface area contributed by atoms with Gasteiger partial charge in [0, 0.05) is 10.6 Å². The van der Waals surface area contributed by atoms with E-state index in [9.17, 15) is 14.0 Å². The fourth-order valence-electron chi connectivity index (χ4n) is 2.37. The molecule has 0 spiro atoms. The van der Waals surface area contributed by atoms with Crippen molar-refractivity contribution in [3.05, 3.63) is 69.5 Å². The Kier molecular flexibility index (Phi) is 4.20. The summed E-state index contributed by atoms with van der Waals surface area (Å²) >= 11 is 11.6. The Hall–Kier alpha value is -2.17. The van der Waals surface area contributed by atoms with Crippen molar-refractivity contribution in [2.45, 2.75) is 6.42 Å². The number of hydrogen-bond acceptors (Lipinski definition) is 2. The number of anilines is 1. The molecule has 3 rings (SSSR count). The number of imide groups is 1. The van der Waals surface area contributed by atoms with Crippen molar-refractivity contribution in [1.29, 1.82) is 0 Å². The smallest absolute Gasteiger partial charge is 0.261 e. The number of carbonyl (C=O) groups excluding carboxylic acids is 2. The van der Waals surface area contributed by atoms with Gasteiger partial charge < -0.3 is 0 Å². The van der Waals surface area contributed by atoms with Gasteiger partial charge in [0.1, 0.15) is 5.82 Å². The number of halogens is 3. The zero-order valence-electron chi connectivity index (χ0n) is 11.7. The molecule has 6 heteroatoms. The second kappa shape index (κ2) is 6.14. The minimum Gasteiger partial charge on any atom is -0.274 e. The molecule has 116 valence electrons. The lowest BCUT2D eigenvalue weighted by atomic mass is 10.1. The molecule has 2 aromatic carbocycles. The monoisotopic (exact) mass is 349 g/mol. The lowest BCUT2D eigenvalue weighted by Gasteiger charge is -2.13. The first-order valence-corrected chi connectivity index (χ1v) is 7.50. The van der Waals surface area contributed by atoms with Gasteiger partial charge >= 0.3 is 0 Å². The Labute approximate surface area is 141 Å².